The largest absolute Gasteiger partial charge is 0.494 e. The third-order valence-electron chi connectivity index (χ3n) is 4.35. The first kappa shape index (κ1) is 17.0. The molecule has 0 bridgehead atoms. The zero-order valence-corrected chi connectivity index (χ0v) is 14.0. The second-order valence-corrected chi connectivity index (χ2v) is 6.02. The van der Waals surface area contributed by atoms with Crippen LogP contribution in [0.25, 0.3) is 0 Å². The van der Waals surface area contributed by atoms with Crippen molar-refractivity contribution in [1.29, 1.82) is 0 Å². The number of hydrogen-bond donors (Lipinski definition) is 2. The van der Waals surface area contributed by atoms with Crippen LogP contribution in [0.1, 0.15) is 36.4 Å². The van der Waals surface area contributed by atoms with E-state index in [4.69, 9.17) is 4.74 Å². The van der Waals surface area contributed by atoms with Gasteiger partial charge in [0, 0.05) is 12.1 Å². The Labute approximate surface area is 145 Å². The third-order valence-corrected chi connectivity index (χ3v) is 4.35. The molecule has 0 aromatic heterocycles. The lowest BCUT2D eigenvalue weighted by Gasteiger charge is -2.26. The number of rotatable bonds is 4. The fourth-order valence-corrected chi connectivity index (χ4v) is 2.99. The molecule has 6 heteroatoms. The van der Waals surface area contributed by atoms with Crippen LogP contribution in [0.4, 0.5) is 10.1 Å². The van der Waals surface area contributed by atoms with Crippen LogP contribution >= 0.6 is 0 Å². The predicted octanol–water partition coefficient (Wildman–Crippen LogP) is 3.14. The molecule has 1 aliphatic heterocycles. The number of benzene rings is 2. The van der Waals surface area contributed by atoms with Crippen molar-refractivity contribution in [2.75, 3.05) is 12.4 Å². The van der Waals surface area contributed by atoms with Crippen LogP contribution in [0.3, 0.4) is 0 Å². The van der Waals surface area contributed by atoms with Crippen molar-refractivity contribution in [2.45, 2.75) is 25.3 Å². The molecule has 0 spiro atoms. The number of nitrogens with one attached hydrogen (secondary N) is 2. The summed E-state index contributed by atoms with van der Waals surface area (Å²) in [6, 6.07) is 11.4. The maximum atomic E-state index is 13.9. The van der Waals surface area contributed by atoms with Crippen LogP contribution in [-0.4, -0.2) is 18.9 Å². The van der Waals surface area contributed by atoms with Crippen LogP contribution in [-0.2, 0) is 9.59 Å². The molecule has 0 radical (unpaired) electrons. The lowest BCUT2D eigenvalue weighted by molar-refractivity contribution is -0.126. The van der Waals surface area contributed by atoms with E-state index in [0.717, 1.165) is 5.56 Å². The molecule has 2 aromatic rings. The average molecular weight is 342 g/mol. The molecule has 2 aromatic carbocycles. The SMILES string of the molecule is COc1ccc(C(C)NC(=O)C2CC(=O)Nc3ccccc32)cc1F. The molecule has 25 heavy (non-hydrogen) atoms. The van der Waals surface area contributed by atoms with Gasteiger partial charge in [-0.1, -0.05) is 24.3 Å². The van der Waals surface area contributed by atoms with E-state index in [0.29, 0.717) is 11.3 Å². The first-order valence-corrected chi connectivity index (χ1v) is 8.02. The van der Waals surface area contributed by atoms with Crippen LogP contribution in [0, 0.1) is 5.82 Å². The summed E-state index contributed by atoms with van der Waals surface area (Å²) < 4.78 is 18.8. The zero-order valence-electron chi connectivity index (χ0n) is 14.0. The Morgan fingerprint density at radius 3 is 2.80 bits per heavy atom. The van der Waals surface area contributed by atoms with Gasteiger partial charge in [0.1, 0.15) is 0 Å². The number of para-hydroxylation sites is 1. The van der Waals surface area contributed by atoms with Crippen molar-refractivity contribution in [3.8, 4) is 5.75 Å². The molecule has 5 nitrogen and oxygen atoms in total. The molecule has 2 amide bonds. The van der Waals surface area contributed by atoms with Crippen molar-refractivity contribution in [3.05, 3.63) is 59.4 Å². The molecule has 1 aliphatic rings. The van der Waals surface area contributed by atoms with Gasteiger partial charge >= 0.3 is 0 Å². The van der Waals surface area contributed by atoms with E-state index in [1.807, 2.05) is 18.2 Å². The zero-order chi connectivity index (χ0) is 18.0. The predicted molar refractivity (Wildman–Crippen MR) is 91.9 cm³/mol. The Bertz CT molecular complexity index is 822. The van der Waals surface area contributed by atoms with Crippen LogP contribution < -0.4 is 15.4 Å². The van der Waals surface area contributed by atoms with Crippen molar-refractivity contribution >= 4 is 17.5 Å². The van der Waals surface area contributed by atoms with E-state index in [-0.39, 0.29) is 24.0 Å². The maximum absolute atomic E-state index is 13.9. The molecule has 0 saturated heterocycles. The van der Waals surface area contributed by atoms with Gasteiger partial charge in [0.25, 0.3) is 0 Å². The number of amides is 2. The van der Waals surface area contributed by atoms with Crippen molar-refractivity contribution < 1.29 is 18.7 Å². The minimum atomic E-state index is -0.560. The van der Waals surface area contributed by atoms with Gasteiger partial charge in [0.15, 0.2) is 11.6 Å². The first-order chi connectivity index (χ1) is 12.0. The molecular formula is C19H19FN2O3. The third kappa shape index (κ3) is 3.47. The molecule has 2 N–H and O–H groups in total. The highest BCUT2D eigenvalue weighted by Gasteiger charge is 2.31. The molecule has 2 unspecified atom stereocenters. The van der Waals surface area contributed by atoms with Crippen molar-refractivity contribution in [2.24, 2.45) is 0 Å². The number of fused-ring (bicyclic) bond motifs is 1. The summed E-state index contributed by atoms with van der Waals surface area (Å²) in [5, 5.41) is 5.63. The number of carbonyl (C=O) groups is 2. The molecule has 1 heterocycles. The number of carbonyl (C=O) groups excluding carboxylic acids is 2. The number of methoxy groups -OCH3 is 1. The Hall–Kier alpha value is -2.89. The minimum absolute atomic E-state index is 0.0898. The number of hydrogen-bond acceptors (Lipinski definition) is 3. The molecule has 3 rings (SSSR count). The smallest absolute Gasteiger partial charge is 0.228 e. The Morgan fingerprint density at radius 1 is 1.32 bits per heavy atom. The minimum Gasteiger partial charge on any atom is -0.494 e. The number of anilines is 1. The number of ether oxygens (including phenoxy) is 1. The summed E-state index contributed by atoms with van der Waals surface area (Å²) >= 11 is 0. The Balaban J connectivity index is 1.78. The first-order valence-electron chi connectivity index (χ1n) is 8.02. The fourth-order valence-electron chi connectivity index (χ4n) is 2.99. The highest BCUT2D eigenvalue weighted by Crippen LogP contribution is 2.32. The highest BCUT2D eigenvalue weighted by atomic mass is 19.1. The van der Waals surface area contributed by atoms with Gasteiger partial charge in [-0.05, 0) is 36.2 Å². The van der Waals surface area contributed by atoms with Crippen molar-refractivity contribution in [3.63, 3.8) is 0 Å². The monoisotopic (exact) mass is 342 g/mol. The lowest BCUT2D eigenvalue weighted by Crippen LogP contribution is -2.36. The van der Waals surface area contributed by atoms with Gasteiger partial charge in [-0.2, -0.15) is 0 Å². The van der Waals surface area contributed by atoms with E-state index in [1.54, 1.807) is 19.1 Å². The summed E-state index contributed by atoms with van der Waals surface area (Å²) in [7, 11) is 1.40. The standard InChI is InChI=1S/C19H19FN2O3/c1-11(12-7-8-17(25-2)15(20)9-12)21-19(24)14-10-18(23)22-16-6-4-3-5-13(14)16/h3-9,11,14H,10H2,1-2H3,(H,21,24)(H,22,23). The van der Waals surface area contributed by atoms with E-state index >= 15 is 0 Å². The van der Waals surface area contributed by atoms with E-state index in [1.165, 1.54) is 19.2 Å². The van der Waals surface area contributed by atoms with Gasteiger partial charge in [-0.15, -0.1) is 0 Å². The second kappa shape index (κ2) is 6.93. The quantitative estimate of drug-likeness (QED) is 0.897. The summed E-state index contributed by atoms with van der Waals surface area (Å²) in [6.45, 7) is 1.77. The summed E-state index contributed by atoms with van der Waals surface area (Å²) in [5.41, 5.74) is 2.06. The van der Waals surface area contributed by atoms with Crippen molar-refractivity contribution in [1.82, 2.24) is 5.32 Å². The molecule has 130 valence electrons. The summed E-state index contributed by atoms with van der Waals surface area (Å²) in [6.07, 6.45) is 0.0898. The van der Waals surface area contributed by atoms with Crippen LogP contribution in [0.15, 0.2) is 42.5 Å². The Kier molecular flexibility index (Phi) is 4.70. The van der Waals surface area contributed by atoms with E-state index in [9.17, 15) is 14.0 Å². The maximum Gasteiger partial charge on any atom is 0.228 e. The molecule has 0 fully saturated rings. The average Bonchev–Trinajstić information content (AvgIpc) is 2.60. The van der Waals surface area contributed by atoms with E-state index < -0.39 is 17.8 Å². The normalized spacial score (nSPS) is 17.2. The van der Waals surface area contributed by atoms with Gasteiger partial charge in [0.2, 0.25) is 11.8 Å². The molecule has 0 saturated carbocycles. The highest BCUT2D eigenvalue weighted by molar-refractivity contribution is 6.01. The van der Waals surface area contributed by atoms with Gasteiger partial charge in [-0.3, -0.25) is 9.59 Å². The lowest BCUT2D eigenvalue weighted by atomic mass is 9.89. The molecule has 2 atom stereocenters. The topological polar surface area (TPSA) is 67.4 Å². The Morgan fingerprint density at radius 2 is 2.08 bits per heavy atom. The molecular weight excluding hydrogens is 323 g/mol. The van der Waals surface area contributed by atoms with Gasteiger partial charge in [0.05, 0.1) is 19.1 Å². The summed E-state index contributed by atoms with van der Waals surface area (Å²) in [5.74, 6) is -1.34. The van der Waals surface area contributed by atoms with Crippen LogP contribution in [0.2, 0.25) is 0 Å². The molecule has 0 aliphatic carbocycles. The van der Waals surface area contributed by atoms with E-state index in [2.05, 4.69) is 10.6 Å². The second-order valence-electron chi connectivity index (χ2n) is 6.02. The number of halogens is 1. The van der Waals surface area contributed by atoms with Gasteiger partial charge in [-0.25, -0.2) is 4.39 Å². The fraction of sp³-hybridized carbons (Fsp3) is 0.263. The summed E-state index contributed by atoms with van der Waals surface area (Å²) in [4.78, 5) is 24.5. The van der Waals surface area contributed by atoms with Gasteiger partial charge < -0.3 is 15.4 Å². The van der Waals surface area contributed by atoms with Crippen LogP contribution in [0.5, 0.6) is 5.75 Å².